The number of benzene rings is 2. The van der Waals surface area contributed by atoms with E-state index in [1.165, 1.54) is 0 Å². The molecule has 2 heterocycles. The van der Waals surface area contributed by atoms with Crippen molar-refractivity contribution >= 4 is 29.6 Å². The minimum Gasteiger partial charge on any atom is -0.497 e. The summed E-state index contributed by atoms with van der Waals surface area (Å²) in [5.41, 5.74) is 2.27. The Kier molecular flexibility index (Phi) is 6.12. The molecule has 1 aromatic heterocycles. The summed E-state index contributed by atoms with van der Waals surface area (Å²) < 4.78 is 12.1. The highest BCUT2D eigenvalue weighted by Crippen LogP contribution is 2.19. The summed E-state index contributed by atoms with van der Waals surface area (Å²) in [6, 6.07) is 15.4. The number of methoxy groups -OCH3 is 2. The van der Waals surface area contributed by atoms with Crippen LogP contribution in [0.1, 0.15) is 5.56 Å². The van der Waals surface area contributed by atoms with Crippen molar-refractivity contribution in [2.24, 2.45) is 0 Å². The fourth-order valence-corrected chi connectivity index (χ4v) is 3.31. The minimum atomic E-state index is -0.647. The van der Waals surface area contributed by atoms with Crippen LogP contribution in [0.5, 0.6) is 11.5 Å². The highest BCUT2D eigenvalue weighted by atomic mass is 16.5. The highest BCUT2D eigenvalue weighted by Gasteiger charge is 2.34. The van der Waals surface area contributed by atoms with Gasteiger partial charge in [0.15, 0.2) is 0 Å². The van der Waals surface area contributed by atoms with Crippen molar-refractivity contribution in [2.75, 3.05) is 26.1 Å². The molecule has 1 aliphatic heterocycles. The van der Waals surface area contributed by atoms with Crippen molar-refractivity contribution in [1.29, 1.82) is 0 Å². The number of carbonyl (C=O) groups is 3. The molecular weight excluding hydrogens is 424 g/mol. The largest absolute Gasteiger partial charge is 0.497 e. The molecule has 9 nitrogen and oxygen atoms in total. The van der Waals surface area contributed by atoms with E-state index in [-0.39, 0.29) is 5.70 Å². The van der Waals surface area contributed by atoms with Gasteiger partial charge < -0.3 is 24.7 Å². The molecular formula is C24H22N4O5. The number of imide groups is 1. The van der Waals surface area contributed by atoms with E-state index in [9.17, 15) is 14.4 Å². The third-order valence-corrected chi connectivity index (χ3v) is 5.04. The molecule has 3 aromatic rings. The van der Waals surface area contributed by atoms with Gasteiger partial charge in [-0.2, -0.15) is 0 Å². The van der Waals surface area contributed by atoms with E-state index in [1.807, 2.05) is 47.3 Å². The Bertz CT molecular complexity index is 1210. The first-order chi connectivity index (χ1) is 16.0. The van der Waals surface area contributed by atoms with Crippen LogP contribution in [0.4, 0.5) is 10.5 Å². The number of amides is 4. The second kappa shape index (κ2) is 9.31. The lowest BCUT2D eigenvalue weighted by atomic mass is 10.2. The Labute approximate surface area is 190 Å². The van der Waals surface area contributed by atoms with Crippen LogP contribution >= 0.6 is 0 Å². The summed E-state index contributed by atoms with van der Waals surface area (Å²) >= 11 is 0. The molecule has 4 amide bonds. The third-order valence-electron chi connectivity index (χ3n) is 5.04. The van der Waals surface area contributed by atoms with Gasteiger partial charge in [0.2, 0.25) is 5.91 Å². The highest BCUT2D eigenvalue weighted by molar-refractivity contribution is 6.15. The number of hydrogen-bond donors (Lipinski definition) is 2. The second-order valence-corrected chi connectivity index (χ2v) is 7.21. The molecule has 0 spiro atoms. The topological polar surface area (TPSA) is 102 Å². The first-order valence-electron chi connectivity index (χ1n) is 10.1. The summed E-state index contributed by atoms with van der Waals surface area (Å²) in [6.07, 6.45) is 5.24. The van der Waals surface area contributed by atoms with Crippen molar-refractivity contribution in [3.05, 3.63) is 78.3 Å². The Morgan fingerprint density at radius 1 is 0.970 bits per heavy atom. The predicted octanol–water partition coefficient (Wildman–Crippen LogP) is 3.03. The average molecular weight is 446 g/mol. The molecule has 4 rings (SSSR count). The average Bonchev–Trinajstić information content (AvgIpc) is 3.40. The molecule has 2 aromatic carbocycles. The lowest BCUT2D eigenvalue weighted by Crippen LogP contribution is -2.38. The number of nitrogens with one attached hydrogen (secondary N) is 2. The molecule has 1 aliphatic rings. The number of anilines is 1. The Morgan fingerprint density at radius 2 is 1.61 bits per heavy atom. The maximum atomic E-state index is 12.7. The van der Waals surface area contributed by atoms with Crippen molar-refractivity contribution in [2.45, 2.75) is 0 Å². The smallest absolute Gasteiger partial charge is 0.329 e. The molecule has 1 fully saturated rings. The zero-order valence-electron chi connectivity index (χ0n) is 18.1. The minimum absolute atomic E-state index is 0.102. The SMILES string of the molecule is COc1ccc(NC(=O)CN2C(=O)N/C(=C/c3ccn(-c4ccc(OC)cc4)c3)C2=O)cc1. The van der Waals surface area contributed by atoms with E-state index in [0.29, 0.717) is 11.4 Å². The van der Waals surface area contributed by atoms with Crippen LogP contribution in [0, 0.1) is 0 Å². The molecule has 0 saturated carbocycles. The van der Waals surface area contributed by atoms with Gasteiger partial charge in [0.1, 0.15) is 23.7 Å². The summed E-state index contributed by atoms with van der Waals surface area (Å²) in [5, 5.41) is 5.18. The normalized spacial score (nSPS) is 14.4. The number of ether oxygens (including phenoxy) is 2. The van der Waals surface area contributed by atoms with E-state index in [1.54, 1.807) is 44.6 Å². The number of nitrogens with zero attached hydrogens (tertiary/aromatic N) is 2. The maximum Gasteiger partial charge on any atom is 0.329 e. The van der Waals surface area contributed by atoms with Gasteiger partial charge in [-0.3, -0.25) is 9.59 Å². The fraction of sp³-hybridized carbons (Fsp3) is 0.125. The van der Waals surface area contributed by atoms with Gasteiger partial charge in [-0.15, -0.1) is 0 Å². The number of carbonyl (C=O) groups excluding carboxylic acids is 3. The monoisotopic (exact) mass is 446 g/mol. The van der Waals surface area contributed by atoms with Gasteiger partial charge in [0.05, 0.1) is 14.2 Å². The molecule has 33 heavy (non-hydrogen) atoms. The lowest BCUT2D eigenvalue weighted by molar-refractivity contribution is -0.127. The summed E-state index contributed by atoms with van der Waals surface area (Å²) in [6.45, 7) is -0.402. The summed E-state index contributed by atoms with van der Waals surface area (Å²) in [7, 11) is 3.15. The fourth-order valence-electron chi connectivity index (χ4n) is 3.31. The van der Waals surface area contributed by atoms with Crippen LogP contribution in [0.25, 0.3) is 11.8 Å². The van der Waals surface area contributed by atoms with Crippen LogP contribution < -0.4 is 20.1 Å². The molecule has 9 heteroatoms. The second-order valence-electron chi connectivity index (χ2n) is 7.21. The molecule has 0 atom stereocenters. The van der Waals surface area contributed by atoms with E-state index < -0.39 is 24.4 Å². The van der Waals surface area contributed by atoms with Crippen molar-refractivity contribution in [1.82, 2.24) is 14.8 Å². The quantitative estimate of drug-likeness (QED) is 0.429. The van der Waals surface area contributed by atoms with E-state index >= 15 is 0 Å². The zero-order chi connectivity index (χ0) is 23.4. The van der Waals surface area contributed by atoms with Crippen LogP contribution in [-0.4, -0.2) is 48.1 Å². The summed E-state index contributed by atoms with van der Waals surface area (Å²) in [4.78, 5) is 38.2. The molecule has 0 radical (unpaired) electrons. The first kappa shape index (κ1) is 21.7. The Hall–Kier alpha value is -4.53. The predicted molar refractivity (Wildman–Crippen MR) is 122 cm³/mol. The van der Waals surface area contributed by atoms with Crippen LogP contribution in [0.2, 0.25) is 0 Å². The molecule has 1 saturated heterocycles. The van der Waals surface area contributed by atoms with Gasteiger partial charge in [0.25, 0.3) is 5.91 Å². The van der Waals surface area contributed by atoms with Crippen molar-refractivity contribution in [3.63, 3.8) is 0 Å². The summed E-state index contributed by atoms with van der Waals surface area (Å²) in [5.74, 6) is 0.346. The van der Waals surface area contributed by atoms with E-state index in [4.69, 9.17) is 9.47 Å². The van der Waals surface area contributed by atoms with Gasteiger partial charge in [-0.1, -0.05) is 0 Å². The molecule has 2 N–H and O–H groups in total. The Balaban J connectivity index is 1.42. The molecule has 0 aliphatic carbocycles. The third kappa shape index (κ3) is 4.87. The first-order valence-corrected chi connectivity index (χ1v) is 10.1. The number of urea groups is 1. The maximum absolute atomic E-state index is 12.7. The molecule has 0 unspecified atom stereocenters. The van der Waals surface area contributed by atoms with E-state index in [2.05, 4.69) is 10.6 Å². The lowest BCUT2D eigenvalue weighted by Gasteiger charge is -2.12. The zero-order valence-corrected chi connectivity index (χ0v) is 18.1. The van der Waals surface area contributed by atoms with Gasteiger partial charge in [-0.05, 0) is 66.2 Å². The van der Waals surface area contributed by atoms with Gasteiger partial charge >= 0.3 is 6.03 Å². The van der Waals surface area contributed by atoms with Crippen LogP contribution in [-0.2, 0) is 9.59 Å². The Morgan fingerprint density at radius 3 is 2.24 bits per heavy atom. The number of aromatic nitrogens is 1. The van der Waals surface area contributed by atoms with Crippen LogP contribution in [0.15, 0.2) is 72.7 Å². The van der Waals surface area contributed by atoms with Gasteiger partial charge in [0, 0.05) is 23.8 Å². The van der Waals surface area contributed by atoms with Gasteiger partial charge in [-0.25, -0.2) is 9.69 Å². The van der Waals surface area contributed by atoms with Crippen LogP contribution in [0.3, 0.4) is 0 Å². The van der Waals surface area contributed by atoms with Crippen molar-refractivity contribution < 1.29 is 23.9 Å². The number of hydrogen-bond acceptors (Lipinski definition) is 5. The standard InChI is InChI=1S/C24H22N4O5/c1-32-19-7-3-17(4-8-19)25-22(29)15-28-23(30)21(26-24(28)31)13-16-11-12-27(14-16)18-5-9-20(33-2)10-6-18/h3-14H,15H2,1-2H3,(H,25,29)(H,26,31)/b21-13+. The van der Waals surface area contributed by atoms with Crippen molar-refractivity contribution in [3.8, 4) is 17.2 Å². The molecule has 168 valence electrons. The molecule has 0 bridgehead atoms. The van der Waals surface area contributed by atoms with E-state index in [0.717, 1.165) is 21.9 Å². The number of rotatable bonds is 7.